The van der Waals surface area contributed by atoms with Gasteiger partial charge in [-0.2, -0.15) is 0 Å². The van der Waals surface area contributed by atoms with Gasteiger partial charge in [0.25, 0.3) is 0 Å². The first-order valence-corrected chi connectivity index (χ1v) is 15.1. The first-order valence-electron chi connectivity index (χ1n) is 11.0. The number of sulfone groups is 1. The van der Waals surface area contributed by atoms with Crippen LogP contribution in [0.4, 0.5) is 0 Å². The van der Waals surface area contributed by atoms with Crippen molar-refractivity contribution in [3.05, 3.63) is 30.3 Å². The lowest BCUT2D eigenvalue weighted by atomic mass is 9.82. The molecule has 1 heterocycles. The molecular weight excluding hydrogens is 404 g/mol. The molecule has 0 aliphatic carbocycles. The normalized spacial score (nSPS) is 28.4. The molecule has 166 valence electrons. The van der Waals surface area contributed by atoms with Crippen LogP contribution in [0.3, 0.4) is 0 Å². The van der Waals surface area contributed by atoms with Crippen molar-refractivity contribution in [1.82, 2.24) is 0 Å². The highest BCUT2D eigenvalue weighted by molar-refractivity contribution is 7.91. The van der Waals surface area contributed by atoms with Crippen LogP contribution in [0.1, 0.15) is 41.0 Å². The number of aliphatic hydroxyl groups excluding tert-OH is 1. The van der Waals surface area contributed by atoms with Crippen molar-refractivity contribution < 1.29 is 22.7 Å². The summed E-state index contributed by atoms with van der Waals surface area (Å²) in [5.74, 6) is 0.187. The smallest absolute Gasteiger partial charge is 0.192 e. The average Bonchev–Trinajstić information content (AvgIpc) is 2.74. The topological polar surface area (TPSA) is 72.8 Å². The van der Waals surface area contributed by atoms with E-state index in [0.717, 1.165) is 18.1 Å². The van der Waals surface area contributed by atoms with Crippen LogP contribution in [0.15, 0.2) is 35.2 Å². The highest BCUT2D eigenvalue weighted by Gasteiger charge is 2.45. The third kappa shape index (κ3) is 5.70. The molecule has 5 atom stereocenters. The van der Waals surface area contributed by atoms with Crippen molar-refractivity contribution in [2.45, 2.75) is 82.4 Å². The monoisotopic (exact) mass is 442 g/mol. The Morgan fingerprint density at radius 3 is 2.07 bits per heavy atom. The van der Waals surface area contributed by atoms with Crippen LogP contribution in [0, 0.1) is 11.8 Å². The number of rotatable bonds is 10. The Balaban J connectivity index is 2.17. The molecule has 1 aromatic carbocycles. The average molecular weight is 443 g/mol. The molecule has 1 aromatic rings. The lowest BCUT2D eigenvalue weighted by Crippen LogP contribution is -2.55. The number of ether oxygens (including phenoxy) is 1. The second-order valence-corrected chi connectivity index (χ2v) is 15.2. The molecular formula is C22H38O5SSi. The van der Waals surface area contributed by atoms with Crippen LogP contribution >= 0.6 is 0 Å². The molecule has 0 saturated carbocycles. The van der Waals surface area contributed by atoms with Gasteiger partial charge in [0, 0.05) is 11.8 Å². The predicted octanol–water partition coefficient (Wildman–Crippen LogP) is 4.27. The van der Waals surface area contributed by atoms with Gasteiger partial charge in [-0.1, -0.05) is 52.8 Å². The van der Waals surface area contributed by atoms with E-state index in [0.29, 0.717) is 11.3 Å². The minimum absolute atomic E-state index is 0.0168. The summed E-state index contributed by atoms with van der Waals surface area (Å²) < 4.78 is 38.4. The van der Waals surface area contributed by atoms with Gasteiger partial charge in [-0.05, 0) is 36.7 Å². The highest BCUT2D eigenvalue weighted by atomic mass is 32.2. The zero-order valence-corrected chi connectivity index (χ0v) is 20.3. The van der Waals surface area contributed by atoms with Crippen molar-refractivity contribution in [3.8, 4) is 0 Å². The summed E-state index contributed by atoms with van der Waals surface area (Å²) in [6, 6.07) is 11.7. The number of hydrogen-bond donors (Lipinski definition) is 1. The molecule has 1 saturated heterocycles. The van der Waals surface area contributed by atoms with E-state index >= 15 is 0 Å². The maximum Gasteiger partial charge on any atom is 0.192 e. The van der Waals surface area contributed by atoms with Crippen molar-refractivity contribution in [1.29, 1.82) is 0 Å². The molecule has 1 unspecified atom stereocenters. The molecule has 1 N–H and O–H groups in total. The molecule has 0 radical (unpaired) electrons. The summed E-state index contributed by atoms with van der Waals surface area (Å²) >= 11 is 0. The van der Waals surface area contributed by atoms with E-state index in [1.165, 1.54) is 0 Å². The van der Waals surface area contributed by atoms with Gasteiger partial charge in [-0.25, -0.2) is 8.42 Å². The van der Waals surface area contributed by atoms with E-state index in [1.807, 2.05) is 6.07 Å². The van der Waals surface area contributed by atoms with Gasteiger partial charge in [-0.3, -0.25) is 0 Å². The number of benzene rings is 1. The van der Waals surface area contributed by atoms with Crippen molar-refractivity contribution >= 4 is 18.2 Å². The van der Waals surface area contributed by atoms with Crippen molar-refractivity contribution in [2.75, 3.05) is 12.4 Å². The maximum absolute atomic E-state index is 12.7. The van der Waals surface area contributed by atoms with E-state index in [1.54, 1.807) is 24.3 Å². The Morgan fingerprint density at radius 1 is 1.00 bits per heavy atom. The third-order valence-corrected chi connectivity index (χ3v) is 13.2. The number of aliphatic hydroxyl groups is 1. The van der Waals surface area contributed by atoms with Gasteiger partial charge in [0.05, 0.1) is 35.6 Å². The first-order chi connectivity index (χ1) is 13.7. The van der Waals surface area contributed by atoms with Gasteiger partial charge in [0.2, 0.25) is 0 Å². The van der Waals surface area contributed by atoms with Crippen LogP contribution in [-0.4, -0.2) is 52.5 Å². The minimum Gasteiger partial charge on any atom is -0.413 e. The second kappa shape index (κ2) is 10.5. The standard InChI is InChI=1S/C22H38O5SSi/c1-6-29(7-2,8-3)27-22-17(4)20(26-21(16-23)18(22)5)14-15-28(24,25)19-12-10-9-11-13-19/h9-13,17-18,20-23H,6-8,14-16H2,1-5H3/t17-,18?,20+,21-,22-/m1/s1. The van der Waals surface area contributed by atoms with E-state index < -0.39 is 18.2 Å². The molecule has 0 aromatic heterocycles. The van der Waals surface area contributed by atoms with Crippen LogP contribution in [0.5, 0.6) is 0 Å². The van der Waals surface area contributed by atoms with Gasteiger partial charge < -0.3 is 14.3 Å². The van der Waals surface area contributed by atoms with Crippen molar-refractivity contribution in [3.63, 3.8) is 0 Å². The molecule has 0 bridgehead atoms. The third-order valence-electron chi connectivity index (χ3n) is 6.83. The fourth-order valence-corrected chi connectivity index (χ4v) is 8.79. The largest absolute Gasteiger partial charge is 0.413 e. The Labute approximate surface area is 177 Å². The quantitative estimate of drug-likeness (QED) is 0.548. The molecule has 1 fully saturated rings. The van der Waals surface area contributed by atoms with E-state index in [9.17, 15) is 13.5 Å². The van der Waals surface area contributed by atoms with Crippen molar-refractivity contribution in [2.24, 2.45) is 11.8 Å². The SMILES string of the molecule is CC[Si](CC)(CC)O[C@H]1C(C)[C@@H](CO)O[C@@H](CCS(=O)(=O)c2ccccc2)[C@H]1C. The first kappa shape index (κ1) is 24.5. The minimum atomic E-state index is -3.36. The number of hydrogen-bond acceptors (Lipinski definition) is 5. The molecule has 29 heavy (non-hydrogen) atoms. The molecule has 1 aliphatic heterocycles. The second-order valence-electron chi connectivity index (χ2n) is 8.36. The van der Waals surface area contributed by atoms with Crippen LogP contribution in [-0.2, 0) is 19.0 Å². The Bertz CT molecular complexity index is 712. The lowest BCUT2D eigenvalue weighted by molar-refractivity contribution is -0.170. The zero-order valence-electron chi connectivity index (χ0n) is 18.5. The van der Waals surface area contributed by atoms with E-state index in [2.05, 4.69) is 34.6 Å². The van der Waals surface area contributed by atoms with Gasteiger partial charge in [0.15, 0.2) is 18.2 Å². The van der Waals surface area contributed by atoms with Gasteiger partial charge in [-0.15, -0.1) is 0 Å². The molecule has 0 spiro atoms. The molecule has 1 aliphatic rings. The van der Waals surface area contributed by atoms with Gasteiger partial charge in [0.1, 0.15) is 0 Å². The fraction of sp³-hybridized carbons (Fsp3) is 0.727. The maximum atomic E-state index is 12.7. The van der Waals surface area contributed by atoms with Crippen LogP contribution in [0.25, 0.3) is 0 Å². The van der Waals surface area contributed by atoms with Gasteiger partial charge >= 0.3 is 0 Å². The van der Waals surface area contributed by atoms with E-state index in [4.69, 9.17) is 9.16 Å². The Kier molecular flexibility index (Phi) is 8.91. The molecule has 5 nitrogen and oxygen atoms in total. The summed E-state index contributed by atoms with van der Waals surface area (Å²) in [6.45, 7) is 10.7. The summed E-state index contributed by atoms with van der Waals surface area (Å²) in [7, 11) is -5.19. The fourth-order valence-electron chi connectivity index (χ4n) is 4.43. The van der Waals surface area contributed by atoms with Crippen LogP contribution < -0.4 is 0 Å². The highest BCUT2D eigenvalue weighted by Crippen LogP contribution is 2.38. The molecule has 2 rings (SSSR count). The predicted molar refractivity (Wildman–Crippen MR) is 119 cm³/mol. The summed E-state index contributed by atoms with van der Waals surface area (Å²) in [5, 5.41) is 9.87. The summed E-state index contributed by atoms with van der Waals surface area (Å²) in [6.07, 6.45) is -0.181. The molecule has 0 amide bonds. The zero-order chi connectivity index (χ0) is 21.7. The van der Waals surface area contributed by atoms with E-state index in [-0.39, 0.29) is 42.5 Å². The summed E-state index contributed by atoms with van der Waals surface area (Å²) in [5.41, 5.74) is 0. The molecule has 7 heteroatoms. The summed E-state index contributed by atoms with van der Waals surface area (Å²) in [4.78, 5) is 0.345. The van der Waals surface area contributed by atoms with Crippen LogP contribution in [0.2, 0.25) is 18.1 Å². The Morgan fingerprint density at radius 2 is 1.55 bits per heavy atom. The lowest BCUT2D eigenvalue weighted by Gasteiger charge is -2.48. The Hall–Kier alpha value is -0.733.